The van der Waals surface area contributed by atoms with E-state index in [2.05, 4.69) is 15.9 Å². The Hall–Kier alpha value is -2.65. The standard InChI is InChI=1S/C25H16BrCl2NO5S/c26-17-3-6-20(32-12-14-1-4-18(27)5-2-14)15(7-17)9-23-24(30)29(25(31)35-23)11-16-8-21-22(10-19(16)28)34-13-33-21/h1-10H,11-13H2/b23-9-. The highest BCUT2D eigenvalue weighted by Crippen LogP contribution is 2.40. The zero-order chi connectivity index (χ0) is 24.5. The zero-order valence-electron chi connectivity index (χ0n) is 17.9. The smallest absolute Gasteiger partial charge is 0.293 e. The van der Waals surface area contributed by atoms with Gasteiger partial charge in [-0.25, -0.2) is 0 Å². The topological polar surface area (TPSA) is 65.1 Å². The first-order chi connectivity index (χ1) is 16.9. The van der Waals surface area contributed by atoms with Crippen LogP contribution in [0, 0.1) is 0 Å². The van der Waals surface area contributed by atoms with Crippen LogP contribution in [-0.2, 0) is 17.9 Å². The van der Waals surface area contributed by atoms with Gasteiger partial charge in [-0.05, 0) is 65.4 Å². The van der Waals surface area contributed by atoms with Crippen LogP contribution in [0.5, 0.6) is 17.2 Å². The molecule has 10 heteroatoms. The van der Waals surface area contributed by atoms with Crippen molar-refractivity contribution in [1.82, 2.24) is 4.90 Å². The van der Waals surface area contributed by atoms with E-state index in [1.54, 1.807) is 30.3 Å². The van der Waals surface area contributed by atoms with Gasteiger partial charge in [0.15, 0.2) is 11.5 Å². The molecule has 2 heterocycles. The van der Waals surface area contributed by atoms with Crippen molar-refractivity contribution in [2.45, 2.75) is 13.2 Å². The van der Waals surface area contributed by atoms with Crippen LogP contribution in [0.1, 0.15) is 16.7 Å². The number of ether oxygens (including phenoxy) is 3. The van der Waals surface area contributed by atoms with Gasteiger partial charge in [0.25, 0.3) is 11.1 Å². The van der Waals surface area contributed by atoms with Gasteiger partial charge in [0.05, 0.1) is 11.4 Å². The van der Waals surface area contributed by atoms with Crippen LogP contribution in [0.3, 0.4) is 0 Å². The Morgan fingerprint density at radius 3 is 2.54 bits per heavy atom. The molecule has 0 N–H and O–H groups in total. The number of nitrogens with zero attached hydrogens (tertiary/aromatic N) is 1. The third kappa shape index (κ3) is 5.30. The van der Waals surface area contributed by atoms with E-state index >= 15 is 0 Å². The molecule has 2 aliphatic rings. The Morgan fingerprint density at radius 1 is 1.03 bits per heavy atom. The molecule has 0 saturated carbocycles. The summed E-state index contributed by atoms with van der Waals surface area (Å²) in [6.07, 6.45) is 1.66. The minimum Gasteiger partial charge on any atom is -0.488 e. The molecule has 1 fully saturated rings. The fourth-order valence-corrected chi connectivity index (χ4v) is 5.08. The Labute approximate surface area is 223 Å². The van der Waals surface area contributed by atoms with Crippen molar-refractivity contribution >= 4 is 68.1 Å². The lowest BCUT2D eigenvalue weighted by Crippen LogP contribution is -2.27. The Morgan fingerprint density at radius 2 is 1.77 bits per heavy atom. The molecular formula is C25H16BrCl2NO5S. The average Bonchev–Trinajstić information content (AvgIpc) is 3.39. The molecule has 6 nitrogen and oxygen atoms in total. The molecule has 2 amide bonds. The first kappa shape index (κ1) is 24.1. The van der Waals surface area contributed by atoms with Crippen LogP contribution in [0.15, 0.2) is 64.0 Å². The van der Waals surface area contributed by atoms with E-state index in [0.29, 0.717) is 49.9 Å². The fraction of sp³-hybridized carbons (Fsp3) is 0.120. The summed E-state index contributed by atoms with van der Waals surface area (Å²) in [7, 11) is 0. The Balaban J connectivity index is 1.36. The van der Waals surface area contributed by atoms with Crippen molar-refractivity contribution in [1.29, 1.82) is 0 Å². The first-order valence-electron chi connectivity index (χ1n) is 10.4. The maximum absolute atomic E-state index is 13.1. The molecule has 0 atom stereocenters. The van der Waals surface area contributed by atoms with E-state index in [4.69, 9.17) is 37.4 Å². The number of hydrogen-bond donors (Lipinski definition) is 0. The van der Waals surface area contributed by atoms with Crippen molar-refractivity contribution in [3.8, 4) is 17.2 Å². The van der Waals surface area contributed by atoms with Gasteiger partial charge in [0, 0.05) is 26.1 Å². The molecule has 1 saturated heterocycles. The van der Waals surface area contributed by atoms with E-state index in [1.165, 1.54) is 0 Å². The summed E-state index contributed by atoms with van der Waals surface area (Å²) in [5.41, 5.74) is 2.21. The zero-order valence-corrected chi connectivity index (χ0v) is 21.8. The monoisotopic (exact) mass is 591 g/mol. The second-order valence-corrected chi connectivity index (χ2v) is 10.4. The van der Waals surface area contributed by atoms with Gasteiger partial charge in [-0.2, -0.15) is 0 Å². The van der Waals surface area contributed by atoms with Gasteiger partial charge in [0.1, 0.15) is 12.4 Å². The van der Waals surface area contributed by atoms with E-state index < -0.39 is 5.91 Å². The number of carbonyl (C=O) groups is 2. The number of hydrogen-bond acceptors (Lipinski definition) is 6. The van der Waals surface area contributed by atoms with Gasteiger partial charge in [-0.1, -0.05) is 51.3 Å². The lowest BCUT2D eigenvalue weighted by Gasteiger charge is -2.14. The van der Waals surface area contributed by atoms with Crippen molar-refractivity contribution in [3.63, 3.8) is 0 Å². The molecule has 178 valence electrons. The van der Waals surface area contributed by atoms with Crippen LogP contribution in [0.2, 0.25) is 10.0 Å². The molecule has 3 aromatic carbocycles. The lowest BCUT2D eigenvalue weighted by atomic mass is 10.1. The third-order valence-electron chi connectivity index (χ3n) is 5.31. The third-order valence-corrected chi connectivity index (χ3v) is 7.31. The highest BCUT2D eigenvalue weighted by atomic mass is 79.9. The van der Waals surface area contributed by atoms with Crippen LogP contribution >= 0.6 is 50.9 Å². The number of benzene rings is 3. The normalized spacial score (nSPS) is 15.9. The highest BCUT2D eigenvalue weighted by Gasteiger charge is 2.36. The quantitative estimate of drug-likeness (QED) is 0.280. The van der Waals surface area contributed by atoms with E-state index in [0.717, 1.165) is 26.7 Å². The van der Waals surface area contributed by atoms with E-state index in [9.17, 15) is 9.59 Å². The van der Waals surface area contributed by atoms with Gasteiger partial charge in [-0.3, -0.25) is 14.5 Å². The summed E-state index contributed by atoms with van der Waals surface area (Å²) in [5.74, 6) is 1.24. The number of thioether (sulfide) groups is 1. The molecular weight excluding hydrogens is 577 g/mol. The van der Waals surface area contributed by atoms with Gasteiger partial charge >= 0.3 is 0 Å². The summed E-state index contributed by atoms with van der Waals surface area (Å²) in [4.78, 5) is 27.3. The molecule has 5 rings (SSSR count). The number of amides is 2. The van der Waals surface area contributed by atoms with E-state index in [1.807, 2.05) is 30.3 Å². The summed E-state index contributed by atoms with van der Waals surface area (Å²) in [6.45, 7) is 0.452. The number of halogens is 3. The molecule has 2 aliphatic heterocycles. The lowest BCUT2D eigenvalue weighted by molar-refractivity contribution is -0.123. The molecule has 0 unspecified atom stereocenters. The summed E-state index contributed by atoms with van der Waals surface area (Å²) in [5, 5.41) is 0.659. The molecule has 0 spiro atoms. The SMILES string of the molecule is O=C1S/C(=C\c2cc(Br)ccc2OCc2ccc(Cl)cc2)C(=O)N1Cc1cc2c(cc1Cl)OCO2. The minimum atomic E-state index is -0.405. The first-order valence-corrected chi connectivity index (χ1v) is 12.7. The van der Waals surface area contributed by atoms with Crippen molar-refractivity contribution in [2.24, 2.45) is 0 Å². The average molecular weight is 593 g/mol. The number of rotatable bonds is 6. The molecule has 0 aromatic heterocycles. The van der Waals surface area contributed by atoms with Crippen molar-refractivity contribution in [2.75, 3.05) is 6.79 Å². The predicted molar refractivity (Wildman–Crippen MR) is 139 cm³/mol. The Bertz CT molecular complexity index is 1360. The second kappa shape index (κ2) is 10.1. The highest BCUT2D eigenvalue weighted by molar-refractivity contribution is 9.10. The predicted octanol–water partition coefficient (Wildman–Crippen LogP) is 7.30. The van der Waals surface area contributed by atoms with Crippen molar-refractivity contribution in [3.05, 3.63) is 90.7 Å². The van der Waals surface area contributed by atoms with Gasteiger partial charge in [-0.15, -0.1) is 0 Å². The van der Waals surface area contributed by atoms with Gasteiger partial charge in [0.2, 0.25) is 6.79 Å². The van der Waals surface area contributed by atoms with E-state index in [-0.39, 0.29) is 18.6 Å². The number of carbonyl (C=O) groups excluding carboxylic acids is 2. The maximum atomic E-state index is 13.1. The minimum absolute atomic E-state index is 0.0237. The summed E-state index contributed by atoms with van der Waals surface area (Å²) in [6, 6.07) is 16.2. The Kier molecular flexibility index (Phi) is 6.98. The number of imide groups is 1. The molecule has 35 heavy (non-hydrogen) atoms. The number of fused-ring (bicyclic) bond motifs is 1. The fourth-order valence-electron chi connectivity index (χ4n) is 3.53. The second-order valence-electron chi connectivity index (χ2n) is 7.66. The van der Waals surface area contributed by atoms with Crippen LogP contribution in [0.4, 0.5) is 4.79 Å². The van der Waals surface area contributed by atoms with Crippen LogP contribution in [-0.4, -0.2) is 22.8 Å². The molecule has 3 aromatic rings. The largest absolute Gasteiger partial charge is 0.488 e. The van der Waals surface area contributed by atoms with Gasteiger partial charge < -0.3 is 14.2 Å². The van der Waals surface area contributed by atoms with Crippen molar-refractivity contribution < 1.29 is 23.8 Å². The maximum Gasteiger partial charge on any atom is 0.293 e. The summed E-state index contributed by atoms with van der Waals surface area (Å²) >= 11 is 16.6. The summed E-state index contributed by atoms with van der Waals surface area (Å²) < 4.78 is 17.5. The molecule has 0 bridgehead atoms. The molecule has 0 radical (unpaired) electrons. The van der Waals surface area contributed by atoms with Crippen LogP contribution in [0.25, 0.3) is 6.08 Å². The molecule has 0 aliphatic carbocycles. The van der Waals surface area contributed by atoms with Crippen LogP contribution < -0.4 is 14.2 Å².